The van der Waals surface area contributed by atoms with Crippen molar-refractivity contribution in [1.29, 1.82) is 0 Å². The molecule has 0 unspecified atom stereocenters. The van der Waals surface area contributed by atoms with Crippen molar-refractivity contribution >= 4 is 0 Å². The summed E-state index contributed by atoms with van der Waals surface area (Å²) in [6, 6.07) is 0. The van der Waals surface area contributed by atoms with E-state index in [-0.39, 0.29) is 0 Å². The maximum absolute atomic E-state index is 8.73. The largest absolute Gasteiger partial charge is 0.396 e. The Bertz CT molecular complexity index is 184. The first-order valence-electron chi connectivity index (χ1n) is 8.07. The third-order valence-corrected chi connectivity index (χ3v) is 3.53. The van der Waals surface area contributed by atoms with Gasteiger partial charge in [-0.15, -0.1) is 0 Å². The lowest BCUT2D eigenvalue weighted by Crippen LogP contribution is -1.85. The summed E-state index contributed by atoms with van der Waals surface area (Å²) in [7, 11) is 0. The van der Waals surface area contributed by atoms with Gasteiger partial charge in [-0.05, 0) is 32.6 Å². The normalized spacial score (nSPS) is 12.1. The van der Waals surface area contributed by atoms with Crippen molar-refractivity contribution in [3.63, 3.8) is 0 Å². The molecule has 0 aromatic rings. The maximum atomic E-state index is 8.73. The van der Waals surface area contributed by atoms with Crippen molar-refractivity contribution in [2.24, 2.45) is 0 Å². The Morgan fingerprint density at radius 2 is 1.39 bits per heavy atom. The Kier molecular flexibility index (Phi) is 14.5. The van der Waals surface area contributed by atoms with Crippen LogP contribution in [0, 0.1) is 0 Å². The van der Waals surface area contributed by atoms with E-state index in [9.17, 15) is 0 Å². The number of hydrogen-bond donors (Lipinski definition) is 1. The maximum Gasteiger partial charge on any atom is 0.0434 e. The van der Waals surface area contributed by atoms with Crippen LogP contribution in [-0.2, 0) is 0 Å². The van der Waals surface area contributed by atoms with Crippen molar-refractivity contribution < 1.29 is 5.11 Å². The molecule has 0 amide bonds. The molecule has 108 valence electrons. The van der Waals surface area contributed by atoms with Crippen molar-refractivity contribution in [3.05, 3.63) is 11.6 Å². The molecule has 0 heterocycles. The molecular weight excluding hydrogens is 220 g/mol. The van der Waals surface area contributed by atoms with Crippen LogP contribution >= 0.6 is 0 Å². The van der Waals surface area contributed by atoms with Crippen molar-refractivity contribution in [2.75, 3.05) is 6.61 Å². The minimum atomic E-state index is 0.323. The average molecular weight is 254 g/mol. The fourth-order valence-electron chi connectivity index (χ4n) is 2.26. The van der Waals surface area contributed by atoms with Crippen LogP contribution in [0.25, 0.3) is 0 Å². The Hall–Kier alpha value is -0.300. The monoisotopic (exact) mass is 254 g/mol. The molecule has 1 N–H and O–H groups in total. The van der Waals surface area contributed by atoms with E-state index < -0.39 is 0 Å². The van der Waals surface area contributed by atoms with Crippen molar-refractivity contribution in [3.8, 4) is 0 Å². The topological polar surface area (TPSA) is 20.2 Å². The second kappa shape index (κ2) is 14.8. The first-order chi connectivity index (χ1) is 8.81. The zero-order valence-corrected chi connectivity index (χ0v) is 12.7. The van der Waals surface area contributed by atoms with Crippen LogP contribution in [0.15, 0.2) is 11.6 Å². The van der Waals surface area contributed by atoms with Crippen LogP contribution < -0.4 is 0 Å². The minimum absolute atomic E-state index is 0.323. The first kappa shape index (κ1) is 17.7. The number of aliphatic hydroxyl groups excluding tert-OH is 1. The third-order valence-electron chi connectivity index (χ3n) is 3.53. The lowest BCUT2D eigenvalue weighted by atomic mass is 10.1. The van der Waals surface area contributed by atoms with Gasteiger partial charge in [-0.3, -0.25) is 0 Å². The predicted molar refractivity (Wildman–Crippen MR) is 81.9 cm³/mol. The second-order valence-electron chi connectivity index (χ2n) is 5.49. The van der Waals surface area contributed by atoms with E-state index in [4.69, 9.17) is 5.11 Å². The van der Waals surface area contributed by atoms with E-state index in [0.717, 1.165) is 12.8 Å². The molecule has 0 radical (unpaired) electrons. The number of allylic oxidation sites excluding steroid dienone is 2. The highest BCUT2D eigenvalue weighted by Crippen LogP contribution is 2.12. The second-order valence-corrected chi connectivity index (χ2v) is 5.49. The van der Waals surface area contributed by atoms with Gasteiger partial charge in [-0.2, -0.15) is 0 Å². The fourth-order valence-corrected chi connectivity index (χ4v) is 2.26. The van der Waals surface area contributed by atoms with Gasteiger partial charge in [0.05, 0.1) is 0 Å². The summed E-state index contributed by atoms with van der Waals surface area (Å²) >= 11 is 0. The highest BCUT2D eigenvalue weighted by atomic mass is 16.2. The summed E-state index contributed by atoms with van der Waals surface area (Å²) in [5.41, 5.74) is 1.45. The van der Waals surface area contributed by atoms with Gasteiger partial charge >= 0.3 is 0 Å². The van der Waals surface area contributed by atoms with E-state index in [1.54, 1.807) is 0 Å². The van der Waals surface area contributed by atoms with Gasteiger partial charge in [-0.25, -0.2) is 0 Å². The molecule has 0 aliphatic heterocycles. The molecule has 0 saturated heterocycles. The quantitative estimate of drug-likeness (QED) is 0.334. The van der Waals surface area contributed by atoms with Gasteiger partial charge in [0.2, 0.25) is 0 Å². The number of hydrogen-bond acceptors (Lipinski definition) is 1. The van der Waals surface area contributed by atoms with Gasteiger partial charge < -0.3 is 5.11 Å². The molecule has 0 atom stereocenters. The van der Waals surface area contributed by atoms with Crippen LogP contribution in [-0.4, -0.2) is 11.7 Å². The summed E-state index contributed by atoms with van der Waals surface area (Å²) in [5.74, 6) is 0. The number of unbranched alkanes of at least 4 members (excludes halogenated alkanes) is 9. The standard InChI is InChI=1S/C17H34O/c1-3-4-5-6-7-8-9-10-11-12-14-17(2)15-13-16-18/h14,18H,3-13,15-16H2,1-2H3. The number of aliphatic hydroxyl groups is 1. The summed E-state index contributed by atoms with van der Waals surface area (Å²) in [6.07, 6.45) is 18.2. The van der Waals surface area contributed by atoms with Crippen LogP contribution in [0.5, 0.6) is 0 Å². The predicted octanol–water partition coefficient (Wildman–Crippen LogP) is 5.63. The first-order valence-corrected chi connectivity index (χ1v) is 8.07. The highest BCUT2D eigenvalue weighted by molar-refractivity contribution is 4.97. The molecular formula is C17H34O. The zero-order valence-electron chi connectivity index (χ0n) is 12.7. The van der Waals surface area contributed by atoms with Gasteiger partial charge in [-0.1, -0.05) is 69.9 Å². The summed E-state index contributed by atoms with van der Waals surface area (Å²) in [6.45, 7) is 4.78. The van der Waals surface area contributed by atoms with Gasteiger partial charge in [0.1, 0.15) is 0 Å². The average Bonchev–Trinajstić information content (AvgIpc) is 2.38. The molecule has 0 saturated carbocycles. The van der Waals surface area contributed by atoms with Gasteiger partial charge in [0.15, 0.2) is 0 Å². The Morgan fingerprint density at radius 3 is 1.94 bits per heavy atom. The molecule has 0 bridgehead atoms. The summed E-state index contributed by atoms with van der Waals surface area (Å²) in [5, 5.41) is 8.73. The van der Waals surface area contributed by atoms with Crippen molar-refractivity contribution in [2.45, 2.75) is 90.9 Å². The number of rotatable bonds is 13. The van der Waals surface area contributed by atoms with E-state index in [2.05, 4.69) is 19.9 Å². The van der Waals surface area contributed by atoms with Crippen LogP contribution in [0.3, 0.4) is 0 Å². The van der Waals surface area contributed by atoms with Gasteiger partial charge in [0, 0.05) is 6.61 Å². The SMILES string of the molecule is CCCCCCCCCCCC=C(C)CCCO. The molecule has 0 fully saturated rings. The molecule has 1 heteroatoms. The van der Waals surface area contributed by atoms with E-state index in [1.165, 1.54) is 69.8 Å². The Morgan fingerprint density at radius 1 is 0.833 bits per heavy atom. The fraction of sp³-hybridized carbons (Fsp3) is 0.882. The lowest BCUT2D eigenvalue weighted by molar-refractivity contribution is 0.288. The summed E-state index contributed by atoms with van der Waals surface area (Å²) < 4.78 is 0. The molecule has 0 rings (SSSR count). The highest BCUT2D eigenvalue weighted by Gasteiger charge is 1.92. The molecule has 18 heavy (non-hydrogen) atoms. The molecule has 0 aromatic heterocycles. The molecule has 0 aliphatic carbocycles. The molecule has 0 aromatic carbocycles. The summed E-state index contributed by atoms with van der Waals surface area (Å²) in [4.78, 5) is 0. The minimum Gasteiger partial charge on any atom is -0.396 e. The van der Waals surface area contributed by atoms with E-state index in [0.29, 0.717) is 6.61 Å². The Labute approximate surface area is 115 Å². The zero-order chi connectivity index (χ0) is 13.5. The third kappa shape index (κ3) is 13.8. The smallest absolute Gasteiger partial charge is 0.0434 e. The van der Waals surface area contributed by atoms with Crippen molar-refractivity contribution in [1.82, 2.24) is 0 Å². The van der Waals surface area contributed by atoms with Crippen LogP contribution in [0.1, 0.15) is 90.9 Å². The molecule has 0 spiro atoms. The van der Waals surface area contributed by atoms with E-state index >= 15 is 0 Å². The van der Waals surface area contributed by atoms with E-state index in [1.807, 2.05) is 0 Å². The van der Waals surface area contributed by atoms with Crippen LogP contribution in [0.4, 0.5) is 0 Å². The molecule has 0 aliphatic rings. The van der Waals surface area contributed by atoms with Crippen LogP contribution in [0.2, 0.25) is 0 Å². The molecule has 1 nitrogen and oxygen atoms in total. The Balaban J connectivity index is 3.15. The van der Waals surface area contributed by atoms with Gasteiger partial charge in [0.25, 0.3) is 0 Å². The lowest BCUT2D eigenvalue weighted by Gasteiger charge is -2.02.